The van der Waals surface area contributed by atoms with Gasteiger partial charge in [0.05, 0.1) is 21.7 Å². The molecule has 0 saturated carbocycles. The predicted octanol–water partition coefficient (Wildman–Crippen LogP) is 2.49. The van der Waals surface area contributed by atoms with Gasteiger partial charge < -0.3 is 4.90 Å². The van der Waals surface area contributed by atoms with Gasteiger partial charge in [0, 0.05) is 30.9 Å². The van der Waals surface area contributed by atoms with Crippen molar-refractivity contribution in [2.75, 3.05) is 11.4 Å². The second kappa shape index (κ2) is 4.62. The summed E-state index contributed by atoms with van der Waals surface area (Å²) in [7, 11) is 0. The molecule has 110 valence electrons. The Morgan fingerprint density at radius 1 is 1.27 bits per heavy atom. The standard InChI is InChI=1S/C16H13N3O3/c20-14-4-3-10-8-13(11-2-1-6-17-9-11)16(19(21)22)12-5-7-18(14)15(10)12/h1-2,6,8-9H,3-5,7H2. The van der Waals surface area contributed by atoms with Crippen LogP contribution in [0.2, 0.25) is 0 Å². The molecular formula is C16H13N3O3. The number of anilines is 1. The van der Waals surface area contributed by atoms with Crippen LogP contribution in [0.3, 0.4) is 0 Å². The fourth-order valence-corrected chi connectivity index (χ4v) is 3.46. The van der Waals surface area contributed by atoms with Crippen molar-refractivity contribution < 1.29 is 9.72 Å². The smallest absolute Gasteiger partial charge is 0.282 e. The fraction of sp³-hybridized carbons (Fsp3) is 0.250. The minimum Gasteiger partial charge on any atom is -0.311 e. The number of hydrogen-bond acceptors (Lipinski definition) is 4. The molecule has 0 spiro atoms. The van der Waals surface area contributed by atoms with E-state index in [0.29, 0.717) is 36.9 Å². The second-order valence-electron chi connectivity index (χ2n) is 5.55. The van der Waals surface area contributed by atoms with Crippen LogP contribution in [0, 0.1) is 10.1 Å². The summed E-state index contributed by atoms with van der Waals surface area (Å²) in [6.45, 7) is 0.540. The molecule has 0 N–H and O–H groups in total. The summed E-state index contributed by atoms with van der Waals surface area (Å²) in [6, 6.07) is 5.46. The van der Waals surface area contributed by atoms with E-state index in [2.05, 4.69) is 4.98 Å². The molecule has 6 nitrogen and oxygen atoms in total. The lowest BCUT2D eigenvalue weighted by Gasteiger charge is -2.25. The Morgan fingerprint density at radius 3 is 2.86 bits per heavy atom. The zero-order valence-corrected chi connectivity index (χ0v) is 11.8. The zero-order chi connectivity index (χ0) is 15.3. The average molecular weight is 295 g/mol. The molecule has 0 atom stereocenters. The molecule has 1 aromatic carbocycles. The van der Waals surface area contributed by atoms with Crippen molar-refractivity contribution in [3.05, 3.63) is 51.8 Å². The van der Waals surface area contributed by atoms with Crippen LogP contribution in [0.15, 0.2) is 30.6 Å². The Kier molecular flexibility index (Phi) is 2.72. The fourth-order valence-electron chi connectivity index (χ4n) is 3.46. The van der Waals surface area contributed by atoms with Crippen LogP contribution in [0.1, 0.15) is 17.5 Å². The highest BCUT2D eigenvalue weighted by Crippen LogP contribution is 2.46. The van der Waals surface area contributed by atoms with Gasteiger partial charge in [0.15, 0.2) is 0 Å². The summed E-state index contributed by atoms with van der Waals surface area (Å²) in [5.74, 6) is 0.0645. The lowest BCUT2D eigenvalue weighted by Crippen LogP contribution is -2.32. The minimum atomic E-state index is -0.333. The van der Waals surface area contributed by atoms with Crippen LogP contribution >= 0.6 is 0 Å². The van der Waals surface area contributed by atoms with E-state index < -0.39 is 0 Å². The van der Waals surface area contributed by atoms with Gasteiger partial charge in [0.25, 0.3) is 5.69 Å². The van der Waals surface area contributed by atoms with Crippen LogP contribution in [0.5, 0.6) is 0 Å². The highest BCUT2D eigenvalue weighted by molar-refractivity contribution is 6.01. The first-order valence-electron chi connectivity index (χ1n) is 7.20. The molecule has 3 heterocycles. The molecule has 1 aromatic heterocycles. The third-order valence-electron chi connectivity index (χ3n) is 4.37. The van der Waals surface area contributed by atoms with Crippen molar-refractivity contribution in [1.82, 2.24) is 4.98 Å². The molecule has 1 amide bonds. The van der Waals surface area contributed by atoms with E-state index in [0.717, 1.165) is 16.8 Å². The maximum atomic E-state index is 12.0. The van der Waals surface area contributed by atoms with Crippen LogP contribution < -0.4 is 4.90 Å². The van der Waals surface area contributed by atoms with Gasteiger partial charge in [-0.05, 0) is 30.5 Å². The van der Waals surface area contributed by atoms with Gasteiger partial charge >= 0.3 is 0 Å². The van der Waals surface area contributed by atoms with Crippen LogP contribution in [-0.2, 0) is 17.6 Å². The quantitative estimate of drug-likeness (QED) is 0.630. The van der Waals surface area contributed by atoms with Gasteiger partial charge in [-0.2, -0.15) is 0 Å². The molecule has 4 rings (SSSR count). The van der Waals surface area contributed by atoms with E-state index in [4.69, 9.17) is 0 Å². The van der Waals surface area contributed by atoms with Crippen LogP contribution in [0.4, 0.5) is 11.4 Å². The van der Waals surface area contributed by atoms with Gasteiger partial charge in [-0.1, -0.05) is 6.07 Å². The number of hydrogen-bond donors (Lipinski definition) is 0. The van der Waals surface area contributed by atoms with Crippen molar-refractivity contribution in [2.45, 2.75) is 19.3 Å². The van der Waals surface area contributed by atoms with Gasteiger partial charge in [-0.15, -0.1) is 0 Å². The van der Waals surface area contributed by atoms with Gasteiger partial charge in [-0.25, -0.2) is 0 Å². The molecule has 0 aliphatic carbocycles. The van der Waals surface area contributed by atoms with Gasteiger partial charge in [-0.3, -0.25) is 19.9 Å². The molecule has 0 bridgehead atoms. The van der Waals surface area contributed by atoms with Gasteiger partial charge in [0.2, 0.25) is 5.91 Å². The van der Waals surface area contributed by atoms with E-state index in [1.165, 1.54) is 0 Å². The summed E-state index contributed by atoms with van der Waals surface area (Å²) in [6.07, 6.45) is 4.94. The SMILES string of the molecule is O=C1CCc2cc(-c3cccnc3)c([N+](=O)[O-])c3c2N1CC3. The minimum absolute atomic E-state index is 0.0645. The topological polar surface area (TPSA) is 76.3 Å². The lowest BCUT2D eigenvalue weighted by molar-refractivity contribution is -0.384. The summed E-state index contributed by atoms with van der Waals surface area (Å²) >= 11 is 0. The van der Waals surface area contributed by atoms with Crippen molar-refractivity contribution in [3.63, 3.8) is 0 Å². The Morgan fingerprint density at radius 2 is 2.14 bits per heavy atom. The number of nitro groups is 1. The number of carbonyl (C=O) groups is 1. The lowest BCUT2D eigenvalue weighted by atomic mass is 9.92. The molecule has 0 saturated heterocycles. The highest BCUT2D eigenvalue weighted by atomic mass is 16.6. The molecular weight excluding hydrogens is 282 g/mol. The first kappa shape index (κ1) is 12.9. The number of aryl methyl sites for hydroxylation is 1. The Bertz CT molecular complexity index is 802. The molecule has 0 unspecified atom stereocenters. The number of carbonyl (C=O) groups excluding carboxylic acids is 1. The second-order valence-corrected chi connectivity index (χ2v) is 5.55. The van der Waals surface area contributed by atoms with Crippen LogP contribution in [0.25, 0.3) is 11.1 Å². The van der Waals surface area contributed by atoms with E-state index >= 15 is 0 Å². The molecule has 2 aliphatic heterocycles. The normalized spacial score (nSPS) is 15.8. The largest absolute Gasteiger partial charge is 0.311 e. The maximum Gasteiger partial charge on any atom is 0.282 e. The molecule has 0 fully saturated rings. The first-order chi connectivity index (χ1) is 10.7. The Labute approximate surface area is 126 Å². The summed E-state index contributed by atoms with van der Waals surface area (Å²) < 4.78 is 0. The average Bonchev–Trinajstić information content (AvgIpc) is 2.97. The third kappa shape index (κ3) is 1.73. The molecule has 22 heavy (non-hydrogen) atoms. The highest BCUT2D eigenvalue weighted by Gasteiger charge is 2.37. The van der Waals surface area contributed by atoms with E-state index in [1.54, 1.807) is 23.4 Å². The summed E-state index contributed by atoms with van der Waals surface area (Å²) in [5.41, 5.74) is 3.94. The first-order valence-corrected chi connectivity index (χ1v) is 7.20. The molecule has 2 aliphatic rings. The number of aromatic nitrogens is 1. The number of nitrogens with zero attached hydrogens (tertiary/aromatic N) is 3. The Hall–Kier alpha value is -2.76. The third-order valence-corrected chi connectivity index (χ3v) is 4.37. The number of amides is 1. The Balaban J connectivity index is 2.02. The van der Waals surface area contributed by atoms with Crippen molar-refractivity contribution >= 4 is 17.3 Å². The van der Waals surface area contributed by atoms with Crippen molar-refractivity contribution in [2.24, 2.45) is 0 Å². The summed E-state index contributed by atoms with van der Waals surface area (Å²) in [4.78, 5) is 29.1. The number of benzene rings is 1. The van der Waals surface area contributed by atoms with Crippen molar-refractivity contribution in [1.29, 1.82) is 0 Å². The maximum absolute atomic E-state index is 12.0. The van der Waals surface area contributed by atoms with E-state index in [-0.39, 0.29) is 16.5 Å². The van der Waals surface area contributed by atoms with E-state index in [1.807, 2.05) is 12.1 Å². The van der Waals surface area contributed by atoms with Crippen molar-refractivity contribution in [3.8, 4) is 11.1 Å². The zero-order valence-electron chi connectivity index (χ0n) is 11.8. The number of nitro benzene ring substituents is 1. The monoisotopic (exact) mass is 295 g/mol. The predicted molar refractivity (Wildman–Crippen MR) is 80.7 cm³/mol. The number of rotatable bonds is 2. The van der Waals surface area contributed by atoms with E-state index in [9.17, 15) is 14.9 Å². The summed E-state index contributed by atoms with van der Waals surface area (Å²) in [5, 5.41) is 11.6. The van der Waals surface area contributed by atoms with Crippen LogP contribution in [-0.4, -0.2) is 22.4 Å². The van der Waals surface area contributed by atoms with Gasteiger partial charge in [0.1, 0.15) is 0 Å². The number of pyridine rings is 1. The molecule has 2 aromatic rings. The molecule has 0 radical (unpaired) electrons. The molecule has 6 heteroatoms.